The van der Waals surface area contributed by atoms with Crippen LogP contribution in [0.3, 0.4) is 0 Å². The zero-order valence-electron chi connectivity index (χ0n) is 15.7. The van der Waals surface area contributed by atoms with Crippen molar-refractivity contribution in [2.24, 2.45) is 0 Å². The molecule has 1 amide bonds. The number of ether oxygens (including phenoxy) is 1. The van der Waals surface area contributed by atoms with Gasteiger partial charge in [-0.1, -0.05) is 54.6 Å². The number of nitrogens with zero attached hydrogens (tertiary/aromatic N) is 1. The van der Waals surface area contributed by atoms with E-state index in [-0.39, 0.29) is 18.1 Å². The van der Waals surface area contributed by atoms with Crippen LogP contribution in [0.2, 0.25) is 0 Å². The molecule has 0 aromatic heterocycles. The van der Waals surface area contributed by atoms with Crippen molar-refractivity contribution < 1.29 is 9.53 Å². The molecule has 1 saturated heterocycles. The van der Waals surface area contributed by atoms with E-state index in [1.807, 2.05) is 6.07 Å². The van der Waals surface area contributed by atoms with Gasteiger partial charge in [0.15, 0.2) is 0 Å². The Balaban J connectivity index is 1.48. The molecule has 1 N–H and O–H groups in total. The Kier molecular flexibility index (Phi) is 6.42. The van der Waals surface area contributed by atoms with Crippen molar-refractivity contribution in [2.75, 3.05) is 20.2 Å². The third-order valence-corrected chi connectivity index (χ3v) is 5.12. The summed E-state index contributed by atoms with van der Waals surface area (Å²) < 4.78 is 5.07. The molecular formula is C22H28N2O2. The lowest BCUT2D eigenvalue weighted by Crippen LogP contribution is -2.47. The largest absolute Gasteiger partial charge is 0.372 e. The molecule has 0 spiro atoms. The van der Waals surface area contributed by atoms with E-state index in [1.54, 1.807) is 14.0 Å². The highest BCUT2D eigenvalue weighted by Crippen LogP contribution is 2.20. The van der Waals surface area contributed by atoms with Crippen molar-refractivity contribution in [3.63, 3.8) is 0 Å². The van der Waals surface area contributed by atoms with Gasteiger partial charge < -0.3 is 10.1 Å². The van der Waals surface area contributed by atoms with Crippen molar-refractivity contribution in [1.29, 1.82) is 0 Å². The summed E-state index contributed by atoms with van der Waals surface area (Å²) in [6.07, 6.45) is 1.60. The van der Waals surface area contributed by atoms with Gasteiger partial charge in [0.1, 0.15) is 6.10 Å². The molecule has 1 fully saturated rings. The molecule has 4 nitrogen and oxygen atoms in total. The van der Waals surface area contributed by atoms with E-state index in [4.69, 9.17) is 4.74 Å². The molecule has 3 rings (SSSR count). The minimum absolute atomic E-state index is 0.0116. The molecule has 2 aromatic rings. The van der Waals surface area contributed by atoms with Gasteiger partial charge in [-0.3, -0.25) is 9.69 Å². The summed E-state index contributed by atoms with van der Waals surface area (Å²) in [5, 5.41) is 3.09. The standard InChI is InChI=1S/C22H28N2O2/c1-17(26-2)22(25)23-21-12-14-24(15-13-21)16-18-8-10-20(11-9-18)19-6-4-3-5-7-19/h3-11,17,21H,12-16H2,1-2H3,(H,23,25). The maximum atomic E-state index is 11.9. The predicted octanol–water partition coefficient (Wildman–Crippen LogP) is 3.47. The van der Waals surface area contributed by atoms with Crippen molar-refractivity contribution in [3.8, 4) is 11.1 Å². The Bertz CT molecular complexity index is 692. The minimum atomic E-state index is -0.379. The van der Waals surface area contributed by atoms with E-state index in [0.29, 0.717) is 0 Å². The number of methoxy groups -OCH3 is 1. The molecule has 0 bridgehead atoms. The van der Waals surface area contributed by atoms with E-state index in [1.165, 1.54) is 16.7 Å². The summed E-state index contributed by atoms with van der Waals surface area (Å²) in [7, 11) is 1.57. The Morgan fingerprint density at radius 2 is 1.69 bits per heavy atom. The van der Waals surface area contributed by atoms with Crippen LogP contribution < -0.4 is 5.32 Å². The maximum absolute atomic E-state index is 11.9. The zero-order chi connectivity index (χ0) is 18.4. The number of piperidine rings is 1. The van der Waals surface area contributed by atoms with Crippen LogP contribution in [0.1, 0.15) is 25.3 Å². The lowest BCUT2D eigenvalue weighted by Gasteiger charge is -2.32. The van der Waals surface area contributed by atoms with Crippen LogP contribution in [0.25, 0.3) is 11.1 Å². The van der Waals surface area contributed by atoms with Crippen LogP contribution in [-0.4, -0.2) is 43.2 Å². The summed E-state index contributed by atoms with van der Waals surface area (Å²) in [6.45, 7) is 4.76. The third-order valence-electron chi connectivity index (χ3n) is 5.12. The average Bonchev–Trinajstić information content (AvgIpc) is 2.70. The molecule has 0 saturated carbocycles. The van der Waals surface area contributed by atoms with Gasteiger partial charge in [-0.2, -0.15) is 0 Å². The molecular weight excluding hydrogens is 324 g/mol. The molecule has 138 valence electrons. The SMILES string of the molecule is COC(C)C(=O)NC1CCN(Cc2ccc(-c3ccccc3)cc2)CC1. The predicted molar refractivity (Wildman–Crippen MR) is 105 cm³/mol. The lowest BCUT2D eigenvalue weighted by molar-refractivity contribution is -0.131. The van der Waals surface area contributed by atoms with Gasteiger partial charge in [-0.15, -0.1) is 0 Å². The second-order valence-corrected chi connectivity index (χ2v) is 7.00. The molecule has 1 heterocycles. The summed E-state index contributed by atoms with van der Waals surface area (Å²) >= 11 is 0. The summed E-state index contributed by atoms with van der Waals surface area (Å²) in [6, 6.07) is 19.5. The third kappa shape index (κ3) is 4.93. The van der Waals surface area contributed by atoms with E-state index in [9.17, 15) is 4.79 Å². The van der Waals surface area contributed by atoms with Gasteiger partial charge in [0.05, 0.1) is 0 Å². The van der Waals surface area contributed by atoms with E-state index >= 15 is 0 Å². The minimum Gasteiger partial charge on any atom is -0.372 e. The average molecular weight is 352 g/mol. The van der Waals surface area contributed by atoms with Gasteiger partial charge >= 0.3 is 0 Å². The molecule has 0 radical (unpaired) electrons. The Hall–Kier alpha value is -2.17. The Morgan fingerprint density at radius 1 is 1.08 bits per heavy atom. The fourth-order valence-electron chi connectivity index (χ4n) is 3.35. The summed E-state index contributed by atoms with van der Waals surface area (Å²) in [5.74, 6) is -0.0116. The fraction of sp³-hybridized carbons (Fsp3) is 0.409. The highest BCUT2D eigenvalue weighted by atomic mass is 16.5. The smallest absolute Gasteiger partial charge is 0.249 e. The van der Waals surface area contributed by atoms with Gasteiger partial charge in [0.25, 0.3) is 0 Å². The van der Waals surface area contributed by atoms with Crippen LogP contribution in [0.15, 0.2) is 54.6 Å². The first kappa shape index (κ1) is 18.6. The van der Waals surface area contributed by atoms with Crippen molar-refractivity contribution >= 4 is 5.91 Å². The van der Waals surface area contributed by atoms with E-state index < -0.39 is 0 Å². The molecule has 4 heteroatoms. The Morgan fingerprint density at radius 3 is 2.31 bits per heavy atom. The first-order chi connectivity index (χ1) is 12.7. The highest BCUT2D eigenvalue weighted by molar-refractivity contribution is 5.80. The molecule has 2 aromatic carbocycles. The molecule has 26 heavy (non-hydrogen) atoms. The number of hydrogen-bond donors (Lipinski definition) is 1. The maximum Gasteiger partial charge on any atom is 0.249 e. The molecule has 1 aliphatic heterocycles. The summed E-state index contributed by atoms with van der Waals surface area (Å²) in [4.78, 5) is 14.4. The number of rotatable bonds is 6. The van der Waals surface area contributed by atoms with Gasteiger partial charge in [0.2, 0.25) is 5.91 Å². The van der Waals surface area contributed by atoms with Gasteiger partial charge in [0, 0.05) is 32.8 Å². The molecule has 1 unspecified atom stereocenters. The lowest BCUT2D eigenvalue weighted by atomic mass is 10.0. The van der Waals surface area contributed by atoms with Gasteiger partial charge in [-0.25, -0.2) is 0 Å². The molecule has 0 aliphatic carbocycles. The molecule has 1 aliphatic rings. The second-order valence-electron chi connectivity index (χ2n) is 7.00. The van der Waals surface area contributed by atoms with Crippen molar-refractivity contribution in [3.05, 3.63) is 60.2 Å². The van der Waals surface area contributed by atoms with E-state index in [0.717, 1.165) is 32.5 Å². The van der Waals surface area contributed by atoms with Crippen molar-refractivity contribution in [1.82, 2.24) is 10.2 Å². The Labute approximate surface area is 156 Å². The quantitative estimate of drug-likeness (QED) is 0.865. The number of carbonyl (C=O) groups excluding carboxylic acids is 1. The first-order valence-corrected chi connectivity index (χ1v) is 9.35. The van der Waals surface area contributed by atoms with Gasteiger partial charge in [-0.05, 0) is 36.5 Å². The molecule has 1 atom stereocenters. The van der Waals surface area contributed by atoms with E-state index in [2.05, 4.69) is 58.7 Å². The van der Waals surface area contributed by atoms with Crippen molar-refractivity contribution in [2.45, 2.75) is 38.5 Å². The highest BCUT2D eigenvalue weighted by Gasteiger charge is 2.22. The van der Waals surface area contributed by atoms with Crippen LogP contribution in [0, 0.1) is 0 Å². The number of amides is 1. The van der Waals surface area contributed by atoms with Crippen LogP contribution in [0.4, 0.5) is 0 Å². The normalized spacial score (nSPS) is 17.0. The fourth-order valence-corrected chi connectivity index (χ4v) is 3.35. The number of likely N-dealkylation sites (tertiary alicyclic amines) is 1. The number of benzene rings is 2. The number of hydrogen-bond acceptors (Lipinski definition) is 3. The van der Waals surface area contributed by atoms with Crippen LogP contribution in [0.5, 0.6) is 0 Å². The van der Waals surface area contributed by atoms with Crippen LogP contribution in [-0.2, 0) is 16.1 Å². The second kappa shape index (κ2) is 8.97. The van der Waals surface area contributed by atoms with Crippen LogP contribution >= 0.6 is 0 Å². The first-order valence-electron chi connectivity index (χ1n) is 9.35. The zero-order valence-corrected chi connectivity index (χ0v) is 15.7. The number of carbonyl (C=O) groups is 1. The monoisotopic (exact) mass is 352 g/mol. The summed E-state index contributed by atoms with van der Waals surface area (Å²) in [5.41, 5.74) is 3.84. The topological polar surface area (TPSA) is 41.6 Å². The number of nitrogens with one attached hydrogen (secondary N) is 1.